The highest BCUT2D eigenvalue weighted by molar-refractivity contribution is 9.09. The maximum Gasteiger partial charge on any atom is 0.573 e. The van der Waals surface area contributed by atoms with Crippen molar-refractivity contribution >= 4 is 21.7 Å². The SMILES string of the molecule is O=C(CBr)c1ccc(-c2ccc(OC(F)(F)F)cc2)cc1. The molecule has 2 nitrogen and oxygen atoms in total. The summed E-state index contributed by atoms with van der Waals surface area (Å²) in [4.78, 5) is 11.5. The molecule has 0 fully saturated rings. The summed E-state index contributed by atoms with van der Waals surface area (Å²) >= 11 is 3.09. The Kier molecular flexibility index (Phi) is 4.67. The Balaban J connectivity index is 2.17. The predicted molar refractivity (Wildman–Crippen MR) is 76.7 cm³/mol. The van der Waals surface area contributed by atoms with Crippen molar-refractivity contribution in [2.75, 3.05) is 5.33 Å². The van der Waals surface area contributed by atoms with E-state index in [0.717, 1.165) is 11.1 Å². The molecule has 0 N–H and O–H groups in total. The van der Waals surface area contributed by atoms with Gasteiger partial charge in [0.2, 0.25) is 0 Å². The summed E-state index contributed by atoms with van der Waals surface area (Å²) in [6.45, 7) is 0. The summed E-state index contributed by atoms with van der Waals surface area (Å²) in [5, 5.41) is 0.246. The molecule has 0 aromatic heterocycles. The molecular formula is C15H10BrF3O2. The second kappa shape index (κ2) is 6.30. The van der Waals surface area contributed by atoms with Crippen molar-refractivity contribution in [3.63, 3.8) is 0 Å². The number of benzene rings is 2. The maximum absolute atomic E-state index is 12.1. The van der Waals surface area contributed by atoms with Gasteiger partial charge in [-0.2, -0.15) is 0 Å². The average Bonchev–Trinajstić information content (AvgIpc) is 2.46. The van der Waals surface area contributed by atoms with E-state index in [0.29, 0.717) is 5.56 Å². The smallest absolute Gasteiger partial charge is 0.406 e. The highest BCUT2D eigenvalue weighted by Gasteiger charge is 2.30. The first-order valence-electron chi connectivity index (χ1n) is 5.94. The van der Waals surface area contributed by atoms with Gasteiger partial charge in [0.15, 0.2) is 5.78 Å². The molecule has 6 heteroatoms. The molecule has 2 aromatic rings. The Labute approximate surface area is 127 Å². The molecule has 2 rings (SSSR count). The molecule has 0 radical (unpaired) electrons. The minimum Gasteiger partial charge on any atom is -0.406 e. The number of hydrogen-bond donors (Lipinski definition) is 0. The van der Waals surface area contributed by atoms with E-state index in [9.17, 15) is 18.0 Å². The minimum absolute atomic E-state index is 0.0320. The zero-order valence-corrected chi connectivity index (χ0v) is 12.2. The topological polar surface area (TPSA) is 26.3 Å². The Hall–Kier alpha value is -1.82. The van der Waals surface area contributed by atoms with E-state index in [2.05, 4.69) is 20.7 Å². The van der Waals surface area contributed by atoms with Crippen molar-refractivity contribution in [2.45, 2.75) is 6.36 Å². The molecule has 2 aromatic carbocycles. The molecule has 0 aliphatic rings. The molecule has 0 aliphatic heterocycles. The third-order valence-corrected chi connectivity index (χ3v) is 3.26. The van der Waals surface area contributed by atoms with Gasteiger partial charge in [-0.25, -0.2) is 0 Å². The monoisotopic (exact) mass is 358 g/mol. The molecule has 0 amide bonds. The van der Waals surface area contributed by atoms with Crippen LogP contribution >= 0.6 is 15.9 Å². The first-order chi connectivity index (χ1) is 9.89. The molecule has 0 atom stereocenters. The molecule has 110 valence electrons. The van der Waals surface area contributed by atoms with E-state index in [1.54, 1.807) is 24.3 Å². The first-order valence-corrected chi connectivity index (χ1v) is 7.06. The van der Waals surface area contributed by atoms with Gasteiger partial charge in [0, 0.05) is 5.56 Å². The minimum atomic E-state index is -4.70. The standard InChI is InChI=1S/C15H10BrF3O2/c16-9-14(20)12-3-1-10(2-4-12)11-5-7-13(8-6-11)21-15(17,18)19/h1-8H,9H2. The number of ketones is 1. The summed E-state index contributed by atoms with van der Waals surface area (Å²) in [6, 6.07) is 12.4. The van der Waals surface area contributed by atoms with Crippen LogP contribution in [-0.4, -0.2) is 17.5 Å². The summed E-state index contributed by atoms with van der Waals surface area (Å²) < 4.78 is 40.0. The predicted octanol–water partition coefficient (Wildman–Crippen LogP) is 4.83. The third-order valence-electron chi connectivity index (χ3n) is 2.75. The third kappa shape index (κ3) is 4.32. The average molecular weight is 359 g/mol. The van der Waals surface area contributed by atoms with Gasteiger partial charge in [0.1, 0.15) is 5.75 Å². The molecule has 0 spiro atoms. The molecular weight excluding hydrogens is 349 g/mol. The number of carbonyl (C=O) groups excluding carboxylic acids is 1. The fraction of sp³-hybridized carbons (Fsp3) is 0.133. The highest BCUT2D eigenvalue weighted by atomic mass is 79.9. The van der Waals surface area contributed by atoms with Crippen LogP contribution in [0.3, 0.4) is 0 Å². The number of Topliss-reactive ketones (excluding diaryl/α,β-unsaturated/α-hetero) is 1. The lowest BCUT2D eigenvalue weighted by molar-refractivity contribution is -0.274. The zero-order chi connectivity index (χ0) is 15.5. The Morgan fingerprint density at radius 1 is 0.952 bits per heavy atom. The van der Waals surface area contributed by atoms with Gasteiger partial charge >= 0.3 is 6.36 Å². The van der Waals surface area contributed by atoms with Crippen LogP contribution in [0.15, 0.2) is 48.5 Å². The largest absolute Gasteiger partial charge is 0.573 e. The molecule has 0 saturated carbocycles. The van der Waals surface area contributed by atoms with E-state index < -0.39 is 6.36 Å². The number of ether oxygens (including phenoxy) is 1. The van der Waals surface area contributed by atoms with Crippen LogP contribution in [0.25, 0.3) is 11.1 Å². The fourth-order valence-electron chi connectivity index (χ4n) is 1.77. The zero-order valence-electron chi connectivity index (χ0n) is 10.7. The highest BCUT2D eigenvalue weighted by Crippen LogP contribution is 2.26. The summed E-state index contributed by atoms with van der Waals surface area (Å²) in [6.07, 6.45) is -4.70. The van der Waals surface area contributed by atoms with Crippen LogP contribution in [0.1, 0.15) is 10.4 Å². The molecule has 0 aliphatic carbocycles. The van der Waals surface area contributed by atoms with Gasteiger partial charge in [-0.05, 0) is 23.3 Å². The maximum atomic E-state index is 12.1. The summed E-state index contributed by atoms with van der Waals surface area (Å²) in [5.41, 5.74) is 2.12. The molecule has 21 heavy (non-hydrogen) atoms. The van der Waals surface area contributed by atoms with Gasteiger partial charge in [0.25, 0.3) is 0 Å². The molecule has 0 saturated heterocycles. The Bertz CT molecular complexity index is 619. The first kappa shape index (κ1) is 15.6. The van der Waals surface area contributed by atoms with Crippen LogP contribution in [0.4, 0.5) is 13.2 Å². The van der Waals surface area contributed by atoms with Crippen molar-refractivity contribution in [3.05, 3.63) is 54.1 Å². The quantitative estimate of drug-likeness (QED) is 0.577. The lowest BCUT2D eigenvalue weighted by Crippen LogP contribution is -2.16. The van der Waals surface area contributed by atoms with Crippen molar-refractivity contribution in [1.29, 1.82) is 0 Å². The van der Waals surface area contributed by atoms with Gasteiger partial charge in [0.05, 0.1) is 5.33 Å². The van der Waals surface area contributed by atoms with Crippen LogP contribution in [0, 0.1) is 0 Å². The van der Waals surface area contributed by atoms with Crippen molar-refractivity contribution in [3.8, 4) is 16.9 Å². The number of carbonyl (C=O) groups is 1. The van der Waals surface area contributed by atoms with Crippen LogP contribution in [0.2, 0.25) is 0 Å². The van der Waals surface area contributed by atoms with Gasteiger partial charge in [-0.3, -0.25) is 4.79 Å². The summed E-state index contributed by atoms with van der Waals surface area (Å²) in [5.74, 6) is -0.298. The Morgan fingerprint density at radius 2 is 1.43 bits per heavy atom. The number of halogens is 4. The van der Waals surface area contributed by atoms with E-state index in [1.807, 2.05) is 0 Å². The van der Waals surface area contributed by atoms with Gasteiger partial charge in [-0.15, -0.1) is 13.2 Å². The summed E-state index contributed by atoms with van der Waals surface area (Å²) in [7, 11) is 0. The van der Waals surface area contributed by atoms with Crippen molar-refractivity contribution in [1.82, 2.24) is 0 Å². The Morgan fingerprint density at radius 3 is 1.86 bits per heavy atom. The van der Waals surface area contributed by atoms with E-state index >= 15 is 0 Å². The lowest BCUT2D eigenvalue weighted by atomic mass is 10.0. The normalized spacial score (nSPS) is 11.2. The van der Waals surface area contributed by atoms with Gasteiger partial charge < -0.3 is 4.74 Å². The van der Waals surface area contributed by atoms with Gasteiger partial charge in [-0.1, -0.05) is 52.3 Å². The van der Waals surface area contributed by atoms with Crippen LogP contribution < -0.4 is 4.74 Å². The van der Waals surface area contributed by atoms with E-state index in [-0.39, 0.29) is 16.9 Å². The fourth-order valence-corrected chi connectivity index (χ4v) is 2.10. The second-order valence-electron chi connectivity index (χ2n) is 4.21. The van der Waals surface area contributed by atoms with E-state index in [1.165, 1.54) is 24.3 Å². The lowest BCUT2D eigenvalue weighted by Gasteiger charge is -2.09. The number of alkyl halides is 4. The molecule has 0 unspecified atom stereocenters. The van der Waals surface area contributed by atoms with E-state index in [4.69, 9.17) is 0 Å². The van der Waals surface area contributed by atoms with Crippen molar-refractivity contribution < 1.29 is 22.7 Å². The molecule has 0 heterocycles. The number of hydrogen-bond acceptors (Lipinski definition) is 2. The second-order valence-corrected chi connectivity index (χ2v) is 4.77. The van der Waals surface area contributed by atoms with Crippen LogP contribution in [0.5, 0.6) is 5.75 Å². The van der Waals surface area contributed by atoms with Crippen molar-refractivity contribution in [2.24, 2.45) is 0 Å². The van der Waals surface area contributed by atoms with Crippen LogP contribution in [-0.2, 0) is 0 Å². The number of rotatable bonds is 4. The molecule has 0 bridgehead atoms.